The fourth-order valence-electron chi connectivity index (χ4n) is 2.54. The zero-order valence-corrected chi connectivity index (χ0v) is 13.0. The Morgan fingerprint density at radius 1 is 1.23 bits per heavy atom. The van der Waals surface area contributed by atoms with Crippen LogP contribution in [-0.4, -0.2) is 21.1 Å². The van der Waals surface area contributed by atoms with Crippen LogP contribution in [0.5, 0.6) is 0 Å². The molecule has 2 aromatic rings. The van der Waals surface area contributed by atoms with Gasteiger partial charge in [0.2, 0.25) is 5.89 Å². The van der Waals surface area contributed by atoms with Gasteiger partial charge in [-0.2, -0.15) is 4.98 Å². The largest absolute Gasteiger partial charge is 0.338 e. The summed E-state index contributed by atoms with van der Waals surface area (Å²) in [6.07, 6.45) is 5.50. The second kappa shape index (κ2) is 7.01. The predicted octanol–water partition coefficient (Wildman–Crippen LogP) is 3.72. The summed E-state index contributed by atoms with van der Waals surface area (Å²) < 4.78 is 18.4. The van der Waals surface area contributed by atoms with Crippen LogP contribution < -0.4 is 0 Å². The van der Waals surface area contributed by atoms with E-state index in [4.69, 9.17) is 4.52 Å². The normalized spacial score (nSPS) is 14.7. The van der Waals surface area contributed by atoms with E-state index in [1.54, 1.807) is 0 Å². The van der Waals surface area contributed by atoms with Crippen molar-refractivity contribution in [2.75, 3.05) is 0 Å². The summed E-state index contributed by atoms with van der Waals surface area (Å²) in [4.78, 5) is 6.81. The van der Waals surface area contributed by atoms with E-state index in [2.05, 4.69) is 22.0 Å². The van der Waals surface area contributed by atoms with E-state index < -0.39 is 0 Å². The molecule has 1 saturated carbocycles. The van der Waals surface area contributed by atoms with Crippen LogP contribution >= 0.6 is 0 Å². The summed E-state index contributed by atoms with van der Waals surface area (Å²) in [6.45, 7) is 3.61. The smallest absolute Gasteiger partial charge is 0.240 e. The number of aromatic nitrogens is 2. The van der Waals surface area contributed by atoms with Crippen molar-refractivity contribution in [1.29, 1.82) is 0 Å². The average Bonchev–Trinajstić information content (AvgIpc) is 3.28. The van der Waals surface area contributed by atoms with E-state index in [0.717, 1.165) is 37.2 Å². The van der Waals surface area contributed by atoms with Gasteiger partial charge in [0.25, 0.3) is 0 Å². The molecule has 0 saturated heterocycles. The highest BCUT2D eigenvalue weighted by Gasteiger charge is 2.30. The minimum Gasteiger partial charge on any atom is -0.338 e. The van der Waals surface area contributed by atoms with Crippen LogP contribution in [0.1, 0.15) is 49.9 Å². The van der Waals surface area contributed by atoms with Crippen LogP contribution in [0.4, 0.5) is 4.39 Å². The molecule has 0 N–H and O–H groups in total. The van der Waals surface area contributed by atoms with Crippen molar-refractivity contribution in [1.82, 2.24) is 15.0 Å². The minimum atomic E-state index is -0.195. The van der Waals surface area contributed by atoms with Gasteiger partial charge in [0.1, 0.15) is 5.82 Å². The molecule has 1 aromatic carbocycles. The number of unbranched alkanes of at least 4 members (excludes halogenated alkanes) is 1. The van der Waals surface area contributed by atoms with Gasteiger partial charge in [-0.15, -0.1) is 0 Å². The fraction of sp³-hybridized carbons (Fsp3) is 0.529. The molecule has 0 spiro atoms. The summed E-state index contributed by atoms with van der Waals surface area (Å²) in [7, 11) is 0. The first-order valence-electron chi connectivity index (χ1n) is 8.04. The molecule has 118 valence electrons. The highest BCUT2D eigenvalue weighted by molar-refractivity contribution is 5.16. The predicted molar refractivity (Wildman–Crippen MR) is 81.6 cm³/mol. The van der Waals surface area contributed by atoms with Gasteiger partial charge in [-0.3, -0.25) is 4.90 Å². The number of rotatable bonds is 8. The topological polar surface area (TPSA) is 42.2 Å². The van der Waals surface area contributed by atoms with Gasteiger partial charge < -0.3 is 4.52 Å². The molecule has 1 fully saturated rings. The molecule has 0 aliphatic heterocycles. The quantitative estimate of drug-likeness (QED) is 0.745. The molecule has 0 radical (unpaired) electrons. The van der Waals surface area contributed by atoms with E-state index in [1.165, 1.54) is 25.0 Å². The lowest BCUT2D eigenvalue weighted by atomic mass is 10.2. The van der Waals surface area contributed by atoms with Gasteiger partial charge in [0.15, 0.2) is 5.82 Å². The number of benzene rings is 1. The summed E-state index contributed by atoms with van der Waals surface area (Å²) in [6, 6.07) is 7.28. The third-order valence-corrected chi connectivity index (χ3v) is 3.96. The van der Waals surface area contributed by atoms with Gasteiger partial charge in [-0.05, 0) is 37.0 Å². The van der Waals surface area contributed by atoms with Gasteiger partial charge in [-0.25, -0.2) is 4.39 Å². The second-order valence-corrected chi connectivity index (χ2v) is 5.97. The molecule has 3 rings (SSSR count). The Bertz CT molecular complexity index is 592. The SMILES string of the molecule is CCCCc1noc(CN(Cc2ccc(F)cc2)C2CC2)n1. The van der Waals surface area contributed by atoms with E-state index in [0.29, 0.717) is 18.5 Å². The van der Waals surface area contributed by atoms with E-state index in [-0.39, 0.29) is 5.82 Å². The zero-order valence-electron chi connectivity index (χ0n) is 13.0. The average molecular weight is 303 g/mol. The van der Waals surface area contributed by atoms with Crippen molar-refractivity contribution in [3.63, 3.8) is 0 Å². The first-order chi connectivity index (χ1) is 10.7. The van der Waals surface area contributed by atoms with Crippen LogP contribution in [0.3, 0.4) is 0 Å². The van der Waals surface area contributed by atoms with Crippen molar-refractivity contribution >= 4 is 0 Å². The molecule has 1 heterocycles. The van der Waals surface area contributed by atoms with Crippen LogP contribution in [-0.2, 0) is 19.5 Å². The number of nitrogens with zero attached hydrogens (tertiary/aromatic N) is 3. The summed E-state index contributed by atoms with van der Waals surface area (Å²) in [5.74, 6) is 1.29. The second-order valence-electron chi connectivity index (χ2n) is 5.97. The maximum atomic E-state index is 13.0. The van der Waals surface area contributed by atoms with Gasteiger partial charge in [0.05, 0.1) is 6.54 Å². The Morgan fingerprint density at radius 2 is 2.00 bits per heavy atom. The molecular formula is C17H22FN3O. The molecule has 0 unspecified atom stereocenters. The third-order valence-electron chi connectivity index (χ3n) is 3.96. The molecular weight excluding hydrogens is 281 g/mol. The first kappa shape index (κ1) is 15.2. The van der Waals surface area contributed by atoms with Crippen molar-refractivity contribution in [2.24, 2.45) is 0 Å². The van der Waals surface area contributed by atoms with Crippen molar-refractivity contribution < 1.29 is 8.91 Å². The van der Waals surface area contributed by atoms with Gasteiger partial charge >= 0.3 is 0 Å². The highest BCUT2D eigenvalue weighted by Crippen LogP contribution is 2.29. The first-order valence-corrected chi connectivity index (χ1v) is 8.04. The maximum Gasteiger partial charge on any atom is 0.240 e. The Labute approximate surface area is 130 Å². The molecule has 0 amide bonds. The number of halogens is 1. The lowest BCUT2D eigenvalue weighted by Crippen LogP contribution is -2.25. The summed E-state index contributed by atoms with van der Waals surface area (Å²) >= 11 is 0. The highest BCUT2D eigenvalue weighted by atomic mass is 19.1. The molecule has 1 aromatic heterocycles. The number of hydrogen-bond acceptors (Lipinski definition) is 4. The molecule has 0 atom stereocenters. The standard InChI is InChI=1S/C17H22FN3O/c1-2-3-4-16-19-17(22-20-16)12-21(15-9-10-15)11-13-5-7-14(18)8-6-13/h5-8,15H,2-4,9-12H2,1H3. The van der Waals surface area contributed by atoms with E-state index in [1.807, 2.05) is 12.1 Å². The Hall–Kier alpha value is -1.75. The van der Waals surface area contributed by atoms with E-state index >= 15 is 0 Å². The zero-order chi connectivity index (χ0) is 15.4. The molecule has 1 aliphatic rings. The maximum absolute atomic E-state index is 13.0. The van der Waals surface area contributed by atoms with Crippen molar-refractivity contribution in [3.05, 3.63) is 47.4 Å². The number of hydrogen-bond donors (Lipinski definition) is 0. The van der Waals surface area contributed by atoms with Crippen LogP contribution in [0, 0.1) is 5.82 Å². The van der Waals surface area contributed by atoms with Gasteiger partial charge in [0, 0.05) is 19.0 Å². The fourth-order valence-corrected chi connectivity index (χ4v) is 2.54. The van der Waals surface area contributed by atoms with Crippen molar-refractivity contribution in [2.45, 2.75) is 58.2 Å². The van der Waals surface area contributed by atoms with Crippen LogP contribution in [0.25, 0.3) is 0 Å². The van der Waals surface area contributed by atoms with E-state index in [9.17, 15) is 4.39 Å². The summed E-state index contributed by atoms with van der Waals surface area (Å²) in [5, 5.41) is 4.04. The molecule has 22 heavy (non-hydrogen) atoms. The molecule has 5 heteroatoms. The Morgan fingerprint density at radius 3 is 2.68 bits per heavy atom. The van der Waals surface area contributed by atoms with Gasteiger partial charge in [-0.1, -0.05) is 30.6 Å². The lowest BCUT2D eigenvalue weighted by Gasteiger charge is -2.19. The monoisotopic (exact) mass is 303 g/mol. The summed E-state index contributed by atoms with van der Waals surface area (Å²) in [5.41, 5.74) is 1.11. The lowest BCUT2D eigenvalue weighted by molar-refractivity contribution is 0.209. The molecule has 0 bridgehead atoms. The molecule has 4 nitrogen and oxygen atoms in total. The Kier molecular flexibility index (Phi) is 4.83. The number of aryl methyl sites for hydroxylation is 1. The van der Waals surface area contributed by atoms with Crippen LogP contribution in [0.2, 0.25) is 0 Å². The Balaban J connectivity index is 1.62. The third kappa shape index (κ3) is 4.13. The molecule has 1 aliphatic carbocycles. The minimum absolute atomic E-state index is 0.195. The van der Waals surface area contributed by atoms with Crippen LogP contribution in [0.15, 0.2) is 28.8 Å². The van der Waals surface area contributed by atoms with Crippen molar-refractivity contribution in [3.8, 4) is 0 Å².